The predicted octanol–water partition coefficient (Wildman–Crippen LogP) is 3.14. The van der Waals surface area contributed by atoms with E-state index in [0.29, 0.717) is 16.3 Å². The second-order valence-electron chi connectivity index (χ2n) is 5.43. The van der Waals surface area contributed by atoms with Gasteiger partial charge in [-0.3, -0.25) is 14.9 Å². The van der Waals surface area contributed by atoms with E-state index in [1.54, 1.807) is 41.3 Å². The largest absolute Gasteiger partial charge is 0.379 e. The van der Waals surface area contributed by atoms with E-state index >= 15 is 0 Å². The molecule has 1 heterocycles. The third-order valence-corrected chi connectivity index (χ3v) is 3.98. The lowest BCUT2D eigenvalue weighted by molar-refractivity contribution is -0.385. The number of aromatic nitrogens is 2. The van der Waals surface area contributed by atoms with Gasteiger partial charge in [-0.1, -0.05) is 11.6 Å². The van der Waals surface area contributed by atoms with Gasteiger partial charge in [-0.2, -0.15) is 5.10 Å². The number of hydrogen-bond acceptors (Lipinski definition) is 5. The Balaban J connectivity index is 1.91. The van der Waals surface area contributed by atoms with Crippen LogP contribution in [0, 0.1) is 10.1 Å². The number of rotatable bonds is 6. The predicted molar refractivity (Wildman–Crippen MR) is 97.5 cm³/mol. The molecule has 0 saturated heterocycles. The van der Waals surface area contributed by atoms with E-state index in [1.807, 2.05) is 0 Å². The zero-order valence-corrected chi connectivity index (χ0v) is 14.2. The summed E-state index contributed by atoms with van der Waals surface area (Å²) < 4.78 is 1.66. The molecule has 0 aliphatic rings. The van der Waals surface area contributed by atoms with Crippen LogP contribution in [0.3, 0.4) is 0 Å². The minimum Gasteiger partial charge on any atom is -0.379 e. The molecule has 2 aromatic carbocycles. The fourth-order valence-electron chi connectivity index (χ4n) is 2.49. The SMILES string of the molecule is NC(=O)c1ccc(CNc2cc(Cl)ccc2-n2cccn2)c([N+](=O)[O-])c1. The van der Waals surface area contributed by atoms with Crippen molar-refractivity contribution in [3.63, 3.8) is 0 Å². The Hall–Kier alpha value is -3.39. The summed E-state index contributed by atoms with van der Waals surface area (Å²) >= 11 is 6.07. The van der Waals surface area contributed by atoms with Gasteiger partial charge in [0.1, 0.15) is 0 Å². The van der Waals surface area contributed by atoms with Gasteiger partial charge in [0, 0.05) is 41.2 Å². The van der Waals surface area contributed by atoms with Crippen LogP contribution in [0.25, 0.3) is 5.69 Å². The zero-order valence-electron chi connectivity index (χ0n) is 13.4. The Morgan fingerprint density at radius 1 is 1.31 bits per heavy atom. The molecule has 26 heavy (non-hydrogen) atoms. The lowest BCUT2D eigenvalue weighted by Crippen LogP contribution is -2.12. The summed E-state index contributed by atoms with van der Waals surface area (Å²) in [7, 11) is 0. The van der Waals surface area contributed by atoms with Crippen molar-refractivity contribution in [2.45, 2.75) is 6.54 Å². The van der Waals surface area contributed by atoms with Crippen LogP contribution in [0.4, 0.5) is 11.4 Å². The maximum absolute atomic E-state index is 11.3. The van der Waals surface area contributed by atoms with E-state index in [1.165, 1.54) is 18.2 Å². The summed E-state index contributed by atoms with van der Waals surface area (Å²) in [5.41, 5.74) is 6.90. The number of primary amides is 1. The van der Waals surface area contributed by atoms with E-state index in [-0.39, 0.29) is 17.8 Å². The first-order valence-corrected chi connectivity index (χ1v) is 7.94. The number of amides is 1. The Morgan fingerprint density at radius 3 is 2.77 bits per heavy atom. The fraction of sp³-hybridized carbons (Fsp3) is 0.0588. The molecule has 1 amide bonds. The average Bonchev–Trinajstić information content (AvgIpc) is 3.14. The molecule has 0 saturated carbocycles. The summed E-state index contributed by atoms with van der Waals surface area (Å²) in [5.74, 6) is -0.719. The van der Waals surface area contributed by atoms with Crippen LogP contribution in [0.5, 0.6) is 0 Å². The first-order valence-electron chi connectivity index (χ1n) is 7.56. The molecule has 0 spiro atoms. The van der Waals surface area contributed by atoms with E-state index < -0.39 is 10.8 Å². The quantitative estimate of drug-likeness (QED) is 0.510. The Morgan fingerprint density at radius 2 is 2.12 bits per heavy atom. The molecule has 3 N–H and O–H groups in total. The number of nitrogens with two attached hydrogens (primary N) is 1. The maximum atomic E-state index is 11.3. The van der Waals surface area contributed by atoms with Gasteiger partial charge in [-0.25, -0.2) is 4.68 Å². The van der Waals surface area contributed by atoms with E-state index in [9.17, 15) is 14.9 Å². The highest BCUT2D eigenvalue weighted by molar-refractivity contribution is 6.31. The number of nitro groups is 1. The van der Waals surface area contributed by atoms with Gasteiger partial charge in [-0.05, 0) is 36.4 Å². The summed E-state index contributed by atoms with van der Waals surface area (Å²) in [6.45, 7) is 0.157. The van der Waals surface area contributed by atoms with Crippen LogP contribution >= 0.6 is 11.6 Å². The number of benzene rings is 2. The molecule has 0 bridgehead atoms. The van der Waals surface area contributed by atoms with Gasteiger partial charge in [0.2, 0.25) is 5.91 Å². The van der Waals surface area contributed by atoms with Gasteiger partial charge >= 0.3 is 0 Å². The highest BCUT2D eigenvalue weighted by Crippen LogP contribution is 2.26. The van der Waals surface area contributed by atoms with Crippen molar-refractivity contribution in [2.75, 3.05) is 5.32 Å². The lowest BCUT2D eigenvalue weighted by atomic mass is 10.1. The third-order valence-electron chi connectivity index (χ3n) is 3.75. The Kier molecular flexibility index (Phi) is 4.85. The van der Waals surface area contributed by atoms with Crippen molar-refractivity contribution < 1.29 is 9.72 Å². The normalized spacial score (nSPS) is 10.5. The van der Waals surface area contributed by atoms with Crippen molar-refractivity contribution >= 4 is 28.9 Å². The smallest absolute Gasteiger partial charge is 0.275 e. The summed E-state index contributed by atoms with van der Waals surface area (Å²) in [5, 5.41) is 19.1. The van der Waals surface area contributed by atoms with Crippen LogP contribution < -0.4 is 11.1 Å². The van der Waals surface area contributed by atoms with Gasteiger partial charge < -0.3 is 11.1 Å². The first-order chi connectivity index (χ1) is 12.5. The Bertz CT molecular complexity index is 973. The van der Waals surface area contributed by atoms with Crippen LogP contribution in [0.2, 0.25) is 5.02 Å². The highest BCUT2D eigenvalue weighted by atomic mass is 35.5. The maximum Gasteiger partial charge on any atom is 0.275 e. The standard InChI is InChI=1S/C17H14ClN5O3/c18-13-4-5-15(22-7-1-6-21-22)14(9-13)20-10-12-3-2-11(17(19)24)8-16(12)23(25)26/h1-9,20H,10H2,(H2,19,24). The summed E-state index contributed by atoms with van der Waals surface area (Å²) in [4.78, 5) is 22.0. The second kappa shape index (κ2) is 7.24. The molecule has 0 radical (unpaired) electrons. The minimum absolute atomic E-state index is 0.0837. The van der Waals surface area contributed by atoms with Crippen LogP contribution in [0.15, 0.2) is 54.9 Å². The topological polar surface area (TPSA) is 116 Å². The number of hydrogen-bond donors (Lipinski definition) is 2. The molecule has 0 fully saturated rings. The fourth-order valence-corrected chi connectivity index (χ4v) is 2.66. The molecule has 3 aromatic rings. The number of halogens is 1. The molecule has 8 nitrogen and oxygen atoms in total. The van der Waals surface area contributed by atoms with Gasteiger partial charge in [0.15, 0.2) is 0 Å². The number of anilines is 1. The van der Waals surface area contributed by atoms with Crippen molar-refractivity contribution in [1.82, 2.24) is 9.78 Å². The van der Waals surface area contributed by atoms with Gasteiger partial charge in [0.05, 0.1) is 16.3 Å². The molecule has 132 valence electrons. The van der Waals surface area contributed by atoms with Crippen LogP contribution in [-0.2, 0) is 6.54 Å². The number of nitrogens with one attached hydrogen (secondary N) is 1. The second-order valence-corrected chi connectivity index (χ2v) is 5.87. The molecule has 0 atom stereocenters. The van der Waals surface area contributed by atoms with Crippen molar-refractivity contribution in [2.24, 2.45) is 5.73 Å². The van der Waals surface area contributed by atoms with E-state index in [2.05, 4.69) is 10.4 Å². The lowest BCUT2D eigenvalue weighted by Gasteiger charge is -2.13. The zero-order chi connectivity index (χ0) is 18.7. The number of nitro benzene ring substituents is 1. The minimum atomic E-state index is -0.719. The molecule has 9 heteroatoms. The molecule has 3 rings (SSSR count). The molecular weight excluding hydrogens is 358 g/mol. The molecule has 1 aromatic heterocycles. The van der Waals surface area contributed by atoms with E-state index in [4.69, 9.17) is 17.3 Å². The third kappa shape index (κ3) is 3.65. The highest BCUT2D eigenvalue weighted by Gasteiger charge is 2.17. The monoisotopic (exact) mass is 371 g/mol. The first kappa shape index (κ1) is 17.4. The number of carbonyl (C=O) groups is 1. The van der Waals surface area contributed by atoms with Crippen molar-refractivity contribution in [1.29, 1.82) is 0 Å². The van der Waals surface area contributed by atoms with Gasteiger partial charge in [-0.15, -0.1) is 0 Å². The molecule has 0 aliphatic heterocycles. The molecular formula is C17H14ClN5O3. The molecule has 0 aliphatic carbocycles. The number of carbonyl (C=O) groups excluding carboxylic acids is 1. The molecule has 0 unspecified atom stereocenters. The summed E-state index contributed by atoms with van der Waals surface area (Å²) in [6.07, 6.45) is 3.42. The van der Waals surface area contributed by atoms with Gasteiger partial charge in [0.25, 0.3) is 5.69 Å². The average molecular weight is 372 g/mol. The number of nitrogens with zero attached hydrogens (tertiary/aromatic N) is 3. The van der Waals surface area contributed by atoms with E-state index in [0.717, 1.165) is 5.69 Å². The van der Waals surface area contributed by atoms with Crippen LogP contribution in [-0.4, -0.2) is 20.6 Å². The Labute approximate surface area is 153 Å². The summed E-state index contributed by atoms with van der Waals surface area (Å²) in [6, 6.07) is 11.2. The van der Waals surface area contributed by atoms with Crippen molar-refractivity contribution in [3.8, 4) is 5.69 Å². The van der Waals surface area contributed by atoms with Crippen LogP contribution in [0.1, 0.15) is 15.9 Å². The van der Waals surface area contributed by atoms with Crippen molar-refractivity contribution in [3.05, 3.63) is 81.1 Å².